The number of hydrogen-bond acceptors (Lipinski definition) is 5. The molecule has 3 rings (SSSR count). The SMILES string of the molecule is CSCC[C@H](NS(=O)(=O)c1cc(C)ccc1C)C(=O)Nc1ccc2c(c1)CCN2C(C)=O. The van der Waals surface area contributed by atoms with E-state index in [-0.39, 0.29) is 10.8 Å². The van der Waals surface area contributed by atoms with Crippen LogP contribution in [0.25, 0.3) is 0 Å². The summed E-state index contributed by atoms with van der Waals surface area (Å²) >= 11 is 1.55. The number of nitrogens with one attached hydrogen (secondary N) is 2. The number of amides is 2. The third-order valence-corrected chi connectivity index (χ3v) is 7.74. The molecule has 0 fully saturated rings. The van der Waals surface area contributed by atoms with Crippen LogP contribution in [0.3, 0.4) is 0 Å². The lowest BCUT2D eigenvalue weighted by molar-refractivity contribution is -0.118. The van der Waals surface area contributed by atoms with E-state index in [9.17, 15) is 18.0 Å². The van der Waals surface area contributed by atoms with E-state index >= 15 is 0 Å². The van der Waals surface area contributed by atoms with Crippen molar-refractivity contribution < 1.29 is 18.0 Å². The first-order chi connectivity index (χ1) is 15.1. The lowest BCUT2D eigenvalue weighted by Gasteiger charge is -2.20. The Bertz CT molecular complexity index is 1130. The number of fused-ring (bicyclic) bond motifs is 1. The second-order valence-electron chi connectivity index (χ2n) is 7.98. The van der Waals surface area contributed by atoms with Crippen LogP contribution < -0.4 is 14.9 Å². The van der Waals surface area contributed by atoms with E-state index in [1.54, 1.807) is 41.8 Å². The summed E-state index contributed by atoms with van der Waals surface area (Å²) in [6, 6.07) is 9.72. The maximum Gasteiger partial charge on any atom is 0.242 e. The second kappa shape index (κ2) is 10.1. The highest BCUT2D eigenvalue weighted by molar-refractivity contribution is 7.98. The standard InChI is InChI=1S/C23H29N3O4S2/c1-15-5-6-16(2)22(13-15)32(29,30)25-20(10-12-31-4)23(28)24-19-7-8-21-18(14-19)9-11-26(21)17(3)27/h5-8,13-14,20,25H,9-12H2,1-4H3,(H,24,28)/t20-/m0/s1. The summed E-state index contributed by atoms with van der Waals surface area (Å²) < 4.78 is 28.7. The lowest BCUT2D eigenvalue weighted by atomic mass is 10.1. The normalized spacial score (nSPS) is 14.2. The number of nitrogens with zero attached hydrogens (tertiary/aromatic N) is 1. The van der Waals surface area contributed by atoms with Crippen molar-refractivity contribution in [3.05, 3.63) is 53.1 Å². The summed E-state index contributed by atoms with van der Waals surface area (Å²) in [6.07, 6.45) is 2.99. The molecule has 7 nitrogen and oxygen atoms in total. The number of anilines is 2. The molecule has 9 heteroatoms. The van der Waals surface area contributed by atoms with Crippen molar-refractivity contribution in [3.63, 3.8) is 0 Å². The first-order valence-corrected chi connectivity index (χ1v) is 13.3. The van der Waals surface area contributed by atoms with Gasteiger partial charge in [-0.1, -0.05) is 12.1 Å². The van der Waals surface area contributed by atoms with Gasteiger partial charge in [0.15, 0.2) is 0 Å². The van der Waals surface area contributed by atoms with Crippen molar-refractivity contribution in [3.8, 4) is 0 Å². The second-order valence-corrected chi connectivity index (χ2v) is 10.6. The number of thioether (sulfide) groups is 1. The number of sulfonamides is 1. The molecule has 0 bridgehead atoms. The largest absolute Gasteiger partial charge is 0.325 e. The van der Waals surface area contributed by atoms with Crippen molar-refractivity contribution >= 4 is 45.0 Å². The average Bonchev–Trinajstić information content (AvgIpc) is 3.16. The molecule has 0 radical (unpaired) electrons. The van der Waals surface area contributed by atoms with Crippen molar-refractivity contribution in [2.45, 2.75) is 44.6 Å². The van der Waals surface area contributed by atoms with Gasteiger partial charge >= 0.3 is 0 Å². The first kappa shape index (κ1) is 24.3. The van der Waals surface area contributed by atoms with Gasteiger partial charge in [-0.3, -0.25) is 9.59 Å². The third-order valence-electron chi connectivity index (χ3n) is 5.48. The van der Waals surface area contributed by atoms with Gasteiger partial charge in [0, 0.05) is 24.8 Å². The Morgan fingerprint density at radius 3 is 2.59 bits per heavy atom. The van der Waals surface area contributed by atoms with E-state index in [0.717, 1.165) is 16.8 Å². The highest BCUT2D eigenvalue weighted by Gasteiger charge is 2.28. The van der Waals surface area contributed by atoms with Gasteiger partial charge in [-0.15, -0.1) is 0 Å². The Morgan fingerprint density at radius 2 is 1.91 bits per heavy atom. The first-order valence-electron chi connectivity index (χ1n) is 10.4. The van der Waals surface area contributed by atoms with Crippen LogP contribution >= 0.6 is 11.8 Å². The summed E-state index contributed by atoms with van der Waals surface area (Å²) in [7, 11) is -3.87. The Labute approximate surface area is 194 Å². The molecule has 2 amide bonds. The minimum absolute atomic E-state index is 0.0153. The van der Waals surface area contributed by atoms with Crippen LogP contribution in [-0.4, -0.2) is 44.8 Å². The van der Waals surface area contributed by atoms with Crippen molar-refractivity contribution in [1.29, 1.82) is 0 Å². The topological polar surface area (TPSA) is 95.6 Å². The van der Waals surface area contributed by atoms with Gasteiger partial charge in [-0.2, -0.15) is 16.5 Å². The fourth-order valence-corrected chi connectivity index (χ4v) is 5.79. The molecule has 0 saturated heterocycles. The van der Waals surface area contributed by atoms with E-state index in [1.807, 2.05) is 31.4 Å². The molecule has 1 aliphatic rings. The van der Waals surface area contributed by atoms with Crippen molar-refractivity contribution in [2.75, 3.05) is 28.8 Å². The van der Waals surface area contributed by atoms with Crippen LogP contribution in [0.1, 0.15) is 30.0 Å². The molecule has 2 N–H and O–H groups in total. The van der Waals surface area contributed by atoms with Gasteiger partial charge in [0.1, 0.15) is 6.04 Å². The molecule has 1 heterocycles. The van der Waals surface area contributed by atoms with Crippen LogP contribution in [0.4, 0.5) is 11.4 Å². The summed E-state index contributed by atoms with van der Waals surface area (Å²) in [5.41, 5.74) is 3.87. The molecule has 1 aliphatic heterocycles. The average molecular weight is 476 g/mol. The van der Waals surface area contributed by atoms with Crippen LogP contribution in [0.5, 0.6) is 0 Å². The zero-order valence-corrected chi connectivity index (χ0v) is 20.4. The molecule has 32 heavy (non-hydrogen) atoms. The number of carbonyl (C=O) groups is 2. The third kappa shape index (κ3) is 5.51. The predicted octanol–water partition coefficient (Wildman–Crippen LogP) is 3.25. The van der Waals surface area contributed by atoms with Crippen LogP contribution in [0, 0.1) is 13.8 Å². The Kier molecular flexibility index (Phi) is 7.63. The van der Waals surface area contributed by atoms with Gasteiger partial charge in [0.2, 0.25) is 21.8 Å². The van der Waals surface area contributed by atoms with E-state index in [4.69, 9.17) is 0 Å². The molecule has 1 atom stereocenters. The molecule has 0 aliphatic carbocycles. The van der Waals surface area contributed by atoms with Crippen molar-refractivity contribution in [1.82, 2.24) is 4.72 Å². The van der Waals surface area contributed by atoms with Gasteiger partial charge in [-0.25, -0.2) is 8.42 Å². The van der Waals surface area contributed by atoms with Gasteiger partial charge in [-0.05, 0) is 79.7 Å². The van der Waals surface area contributed by atoms with Crippen molar-refractivity contribution in [2.24, 2.45) is 0 Å². The molecule has 0 aromatic heterocycles. The zero-order valence-electron chi connectivity index (χ0n) is 18.8. The number of aryl methyl sites for hydroxylation is 2. The van der Waals surface area contributed by atoms with E-state index in [0.29, 0.717) is 36.4 Å². The summed E-state index contributed by atoms with van der Waals surface area (Å²) in [6.45, 7) is 5.72. The smallest absolute Gasteiger partial charge is 0.242 e. The molecule has 2 aromatic carbocycles. The van der Waals surface area contributed by atoms with Gasteiger partial charge < -0.3 is 10.2 Å². The number of carbonyl (C=O) groups excluding carboxylic acids is 2. The van der Waals surface area contributed by atoms with Gasteiger partial charge in [0.25, 0.3) is 0 Å². The van der Waals surface area contributed by atoms with Crippen LogP contribution in [-0.2, 0) is 26.0 Å². The highest BCUT2D eigenvalue weighted by Crippen LogP contribution is 2.30. The minimum atomic E-state index is -3.87. The highest BCUT2D eigenvalue weighted by atomic mass is 32.2. The predicted molar refractivity (Wildman–Crippen MR) is 130 cm³/mol. The zero-order chi connectivity index (χ0) is 23.5. The van der Waals surface area contributed by atoms with E-state index in [1.165, 1.54) is 6.92 Å². The van der Waals surface area contributed by atoms with E-state index in [2.05, 4.69) is 10.0 Å². The molecular weight excluding hydrogens is 446 g/mol. The summed E-state index contributed by atoms with van der Waals surface area (Å²) in [4.78, 5) is 26.7. The van der Waals surface area contributed by atoms with E-state index < -0.39 is 22.0 Å². The summed E-state index contributed by atoms with van der Waals surface area (Å²) in [5.74, 6) is 0.207. The molecule has 172 valence electrons. The van der Waals surface area contributed by atoms with Crippen LogP contribution in [0.2, 0.25) is 0 Å². The monoisotopic (exact) mass is 475 g/mol. The Balaban J connectivity index is 1.80. The maximum atomic E-state index is 13.1. The minimum Gasteiger partial charge on any atom is -0.325 e. The molecule has 2 aromatic rings. The molecule has 0 spiro atoms. The molecule has 0 saturated carbocycles. The Hall–Kier alpha value is -2.36. The van der Waals surface area contributed by atoms with Gasteiger partial charge in [0.05, 0.1) is 4.90 Å². The quantitative estimate of drug-likeness (QED) is 0.611. The Morgan fingerprint density at radius 1 is 1.16 bits per heavy atom. The van der Waals surface area contributed by atoms with Crippen LogP contribution in [0.15, 0.2) is 41.3 Å². The molecular formula is C23H29N3O4S2. The fraction of sp³-hybridized carbons (Fsp3) is 0.391. The fourth-order valence-electron chi connectivity index (χ4n) is 3.76. The lowest BCUT2D eigenvalue weighted by Crippen LogP contribution is -2.44. The molecule has 0 unspecified atom stereocenters. The number of benzene rings is 2. The number of hydrogen-bond donors (Lipinski definition) is 2. The number of rotatable bonds is 8. The maximum absolute atomic E-state index is 13.1. The summed E-state index contributed by atoms with van der Waals surface area (Å²) in [5, 5.41) is 2.85.